The Kier molecular flexibility index (Phi) is 6.77. The van der Waals surface area contributed by atoms with Crippen LogP contribution in [0.25, 0.3) is 0 Å². The molecule has 2 aromatic rings. The zero-order valence-electron chi connectivity index (χ0n) is 15.8. The number of likely N-dealkylation sites (tertiary alicyclic amines) is 1. The van der Waals surface area contributed by atoms with Crippen LogP contribution in [0.1, 0.15) is 42.9 Å². The third-order valence-corrected chi connectivity index (χ3v) is 5.77. The minimum absolute atomic E-state index is 0.452. The van der Waals surface area contributed by atoms with E-state index in [0.29, 0.717) is 5.02 Å². The first-order valence-corrected chi connectivity index (χ1v) is 9.91. The summed E-state index contributed by atoms with van der Waals surface area (Å²) >= 11 is 5.94. The number of hydrogen-bond donors (Lipinski definition) is 2. The fraction of sp³-hybridized carbons (Fsp3) is 0.455. The second-order valence-corrected chi connectivity index (χ2v) is 7.75. The molecule has 0 saturated carbocycles. The van der Waals surface area contributed by atoms with Crippen LogP contribution in [0.15, 0.2) is 48.5 Å². The lowest BCUT2D eigenvalue weighted by Gasteiger charge is -2.38. The molecular weight excluding hydrogens is 362 g/mol. The second-order valence-electron chi connectivity index (χ2n) is 7.31. The molecule has 27 heavy (non-hydrogen) atoms. The average molecular weight is 390 g/mol. The summed E-state index contributed by atoms with van der Waals surface area (Å²) in [6, 6.07) is 15.1. The molecule has 0 aromatic heterocycles. The molecule has 1 atom stereocenters. The number of aliphatic hydroxyl groups is 2. The van der Waals surface area contributed by atoms with Crippen LogP contribution < -0.4 is 4.74 Å². The van der Waals surface area contributed by atoms with Gasteiger partial charge in [0, 0.05) is 18.1 Å². The first kappa shape index (κ1) is 20.2. The van der Waals surface area contributed by atoms with Crippen molar-refractivity contribution in [3.63, 3.8) is 0 Å². The van der Waals surface area contributed by atoms with Gasteiger partial charge < -0.3 is 19.8 Å². The van der Waals surface area contributed by atoms with Gasteiger partial charge in [0.2, 0.25) is 0 Å². The van der Waals surface area contributed by atoms with E-state index in [1.807, 2.05) is 48.5 Å². The largest absolute Gasteiger partial charge is 0.497 e. The van der Waals surface area contributed by atoms with Crippen LogP contribution in [0.4, 0.5) is 0 Å². The summed E-state index contributed by atoms with van der Waals surface area (Å²) in [5, 5.41) is 22.0. The Hall–Kier alpha value is -1.59. The van der Waals surface area contributed by atoms with Gasteiger partial charge in [-0.15, -0.1) is 0 Å². The predicted molar refractivity (Wildman–Crippen MR) is 108 cm³/mol. The fourth-order valence-corrected chi connectivity index (χ4v) is 3.82. The van der Waals surface area contributed by atoms with E-state index in [4.69, 9.17) is 16.3 Å². The quantitative estimate of drug-likeness (QED) is 0.747. The molecule has 0 bridgehead atoms. The maximum atomic E-state index is 10.9. The van der Waals surface area contributed by atoms with E-state index in [9.17, 15) is 10.2 Å². The summed E-state index contributed by atoms with van der Waals surface area (Å²) in [7, 11) is 1.64. The fourth-order valence-electron chi connectivity index (χ4n) is 3.70. The van der Waals surface area contributed by atoms with Crippen LogP contribution >= 0.6 is 11.6 Å². The average Bonchev–Trinajstić information content (AvgIpc) is 2.70. The van der Waals surface area contributed by atoms with Crippen molar-refractivity contribution in [2.75, 3.05) is 26.7 Å². The Morgan fingerprint density at radius 3 is 2.30 bits per heavy atom. The van der Waals surface area contributed by atoms with Gasteiger partial charge in [-0.3, -0.25) is 0 Å². The highest BCUT2D eigenvalue weighted by Crippen LogP contribution is 2.33. The molecular formula is C22H28ClNO3. The predicted octanol–water partition coefficient (Wildman–Crippen LogP) is 4.15. The van der Waals surface area contributed by atoms with Gasteiger partial charge in [0.05, 0.1) is 18.8 Å². The number of rotatable bonds is 7. The molecule has 1 fully saturated rings. The molecule has 5 heteroatoms. The summed E-state index contributed by atoms with van der Waals surface area (Å²) in [5.41, 5.74) is 1.11. The molecule has 1 aliphatic heterocycles. The Bertz CT molecular complexity index is 709. The van der Waals surface area contributed by atoms with Gasteiger partial charge in [0.25, 0.3) is 0 Å². The van der Waals surface area contributed by atoms with Crippen LogP contribution in [0.5, 0.6) is 5.75 Å². The SMILES string of the molecule is COc1ccc(C(O)CCCN2CCC(O)(c3ccc(Cl)cc3)CC2)cc1. The third-order valence-electron chi connectivity index (χ3n) is 5.52. The summed E-state index contributed by atoms with van der Waals surface area (Å²) in [6.07, 6.45) is 2.63. The van der Waals surface area contributed by atoms with Gasteiger partial charge in [0.15, 0.2) is 0 Å². The molecule has 0 radical (unpaired) electrons. The van der Waals surface area contributed by atoms with Gasteiger partial charge >= 0.3 is 0 Å². The summed E-state index contributed by atoms with van der Waals surface area (Å²) in [5.74, 6) is 0.799. The molecule has 1 heterocycles. The maximum absolute atomic E-state index is 10.9. The molecule has 3 rings (SSSR count). The second kappa shape index (κ2) is 9.07. The van der Waals surface area contributed by atoms with Crippen molar-refractivity contribution in [1.82, 2.24) is 4.90 Å². The van der Waals surface area contributed by atoms with Crippen LogP contribution in [0.3, 0.4) is 0 Å². The number of methoxy groups -OCH3 is 1. The summed E-state index contributed by atoms with van der Waals surface area (Å²) in [4.78, 5) is 2.37. The smallest absolute Gasteiger partial charge is 0.118 e. The third kappa shape index (κ3) is 5.23. The summed E-state index contributed by atoms with van der Waals surface area (Å²) in [6.45, 7) is 2.65. The van der Waals surface area contributed by atoms with Crippen LogP contribution in [0, 0.1) is 0 Å². The van der Waals surface area contributed by atoms with Crippen LogP contribution in [-0.2, 0) is 5.60 Å². The van der Waals surface area contributed by atoms with Crippen molar-refractivity contribution in [1.29, 1.82) is 0 Å². The topological polar surface area (TPSA) is 52.9 Å². The van der Waals surface area contributed by atoms with E-state index in [-0.39, 0.29) is 0 Å². The van der Waals surface area contributed by atoms with Crippen LogP contribution in [0.2, 0.25) is 5.02 Å². The number of hydrogen-bond acceptors (Lipinski definition) is 4. The Morgan fingerprint density at radius 1 is 1.07 bits per heavy atom. The molecule has 0 aliphatic carbocycles. The molecule has 0 spiro atoms. The Morgan fingerprint density at radius 2 is 1.70 bits per heavy atom. The van der Waals surface area contributed by atoms with Gasteiger partial charge in [-0.1, -0.05) is 35.9 Å². The maximum Gasteiger partial charge on any atom is 0.118 e. The lowest BCUT2D eigenvalue weighted by Crippen LogP contribution is -2.42. The van der Waals surface area contributed by atoms with E-state index in [1.54, 1.807) is 7.11 Å². The lowest BCUT2D eigenvalue weighted by atomic mass is 9.84. The van der Waals surface area contributed by atoms with E-state index in [1.165, 1.54) is 0 Å². The zero-order valence-corrected chi connectivity index (χ0v) is 16.5. The van der Waals surface area contributed by atoms with Crippen molar-refractivity contribution in [3.05, 3.63) is 64.7 Å². The molecule has 1 saturated heterocycles. The summed E-state index contributed by atoms with van der Waals surface area (Å²) < 4.78 is 5.15. The van der Waals surface area contributed by atoms with Crippen molar-refractivity contribution in [2.45, 2.75) is 37.4 Å². The normalized spacial score (nSPS) is 18.2. The highest BCUT2D eigenvalue weighted by atomic mass is 35.5. The highest BCUT2D eigenvalue weighted by Gasteiger charge is 2.33. The molecule has 146 valence electrons. The van der Waals surface area contributed by atoms with Gasteiger partial charge in [0.1, 0.15) is 5.75 Å². The van der Waals surface area contributed by atoms with Crippen molar-refractivity contribution >= 4 is 11.6 Å². The number of aliphatic hydroxyl groups excluding tert-OH is 1. The monoisotopic (exact) mass is 389 g/mol. The highest BCUT2D eigenvalue weighted by molar-refractivity contribution is 6.30. The van der Waals surface area contributed by atoms with E-state index in [0.717, 1.165) is 62.2 Å². The first-order valence-electron chi connectivity index (χ1n) is 9.53. The molecule has 0 amide bonds. The van der Waals surface area contributed by atoms with E-state index < -0.39 is 11.7 Å². The first-order chi connectivity index (χ1) is 13.0. The number of piperidine rings is 1. The van der Waals surface area contributed by atoms with Crippen molar-refractivity contribution in [3.8, 4) is 5.75 Å². The molecule has 1 aliphatic rings. The van der Waals surface area contributed by atoms with Crippen molar-refractivity contribution < 1.29 is 14.9 Å². The Balaban J connectivity index is 1.43. The molecule has 1 unspecified atom stereocenters. The van der Waals surface area contributed by atoms with E-state index >= 15 is 0 Å². The standard InChI is InChI=1S/C22H28ClNO3/c1-27-20-10-4-17(5-11-20)21(25)3-2-14-24-15-12-22(26,13-16-24)18-6-8-19(23)9-7-18/h4-11,21,25-26H,2-3,12-16H2,1H3. The lowest BCUT2D eigenvalue weighted by molar-refractivity contribution is -0.0266. The van der Waals surface area contributed by atoms with Gasteiger partial charge in [-0.05, 0) is 67.6 Å². The number of benzene rings is 2. The zero-order chi connectivity index (χ0) is 19.3. The number of ether oxygens (including phenoxy) is 1. The minimum Gasteiger partial charge on any atom is -0.497 e. The van der Waals surface area contributed by atoms with E-state index in [2.05, 4.69) is 4.90 Å². The Labute approximate surface area is 166 Å². The van der Waals surface area contributed by atoms with Gasteiger partial charge in [-0.2, -0.15) is 0 Å². The minimum atomic E-state index is -0.760. The van der Waals surface area contributed by atoms with Crippen LogP contribution in [-0.4, -0.2) is 41.9 Å². The van der Waals surface area contributed by atoms with Crippen molar-refractivity contribution in [2.24, 2.45) is 0 Å². The number of nitrogens with zero attached hydrogens (tertiary/aromatic N) is 1. The van der Waals surface area contributed by atoms with Gasteiger partial charge in [-0.25, -0.2) is 0 Å². The molecule has 2 N–H and O–H groups in total. The number of halogens is 1. The molecule has 4 nitrogen and oxygen atoms in total. The molecule has 2 aromatic carbocycles.